The van der Waals surface area contributed by atoms with Gasteiger partial charge in [0.25, 0.3) is 5.91 Å². The fraction of sp³-hybridized carbons (Fsp3) is 0.500. The summed E-state index contributed by atoms with van der Waals surface area (Å²) in [5.41, 5.74) is 8.28. The van der Waals surface area contributed by atoms with Crippen LogP contribution >= 0.6 is 7.60 Å². The average Bonchev–Trinajstić information content (AvgIpc) is 2.77. The van der Waals surface area contributed by atoms with Gasteiger partial charge in [0.15, 0.2) is 0 Å². The minimum Gasteiger partial charge on any atom is -0.468 e. The lowest BCUT2D eigenvalue weighted by Crippen LogP contribution is -2.02. The summed E-state index contributed by atoms with van der Waals surface area (Å²) in [5.74, 6) is -0.687. The maximum absolute atomic E-state index is 12.3. The number of nitrogens with zero attached hydrogens (tertiary/aromatic N) is 3. The normalized spacial score (nSPS) is 11.1. The van der Waals surface area contributed by atoms with Gasteiger partial charge in [-0.25, -0.2) is 0 Å². The molecule has 1 rings (SSSR count). The Morgan fingerprint density at radius 3 is 2.63 bits per heavy atom. The second-order valence-corrected chi connectivity index (χ2v) is 5.41. The number of hydrogen-bond donors (Lipinski definition) is 0. The molecule has 19 heavy (non-hydrogen) atoms. The smallest absolute Gasteiger partial charge is 0.338 e. The molecule has 104 valence electrons. The molecule has 0 N–H and O–H groups in total. The summed E-state index contributed by atoms with van der Waals surface area (Å²) >= 11 is 0. The highest BCUT2D eigenvalue weighted by Gasteiger charge is 2.28. The first-order valence-corrected chi connectivity index (χ1v) is 7.33. The molecule has 0 aliphatic rings. The molecule has 8 nitrogen and oxygen atoms in total. The molecule has 0 aromatic carbocycles. The minimum atomic E-state index is -3.37. The highest BCUT2D eigenvalue weighted by Crippen LogP contribution is 2.51. The molecule has 1 aromatic rings. The fourth-order valence-corrected chi connectivity index (χ4v) is 3.09. The number of furan rings is 1. The van der Waals surface area contributed by atoms with Crippen molar-refractivity contribution in [1.29, 1.82) is 0 Å². The third-order valence-electron chi connectivity index (χ3n) is 2.10. The molecule has 9 heteroatoms. The standard InChI is InChI=1S/C10H14N3O5P/c1-3-17-19(15,18-4-2)7-9-8(5-6-16-9)10(14)12-13-11/h5-6H,3-4,7H2,1-2H3. The van der Waals surface area contributed by atoms with Crippen LogP contribution in [0.25, 0.3) is 10.4 Å². The molecule has 0 bridgehead atoms. The van der Waals surface area contributed by atoms with Gasteiger partial charge in [0.05, 0.1) is 25.0 Å². The highest BCUT2D eigenvalue weighted by atomic mass is 31.2. The zero-order chi connectivity index (χ0) is 14.3. The van der Waals surface area contributed by atoms with Gasteiger partial charge in [0.2, 0.25) is 0 Å². The van der Waals surface area contributed by atoms with Crippen LogP contribution in [-0.4, -0.2) is 19.1 Å². The molecule has 1 amide bonds. The SMILES string of the molecule is CCOP(=O)(Cc1occc1C(=O)N=[N+]=[N-])OCC. The lowest BCUT2D eigenvalue weighted by atomic mass is 10.2. The number of amides is 1. The molecule has 0 saturated heterocycles. The molecule has 0 saturated carbocycles. The van der Waals surface area contributed by atoms with Crippen LogP contribution in [-0.2, 0) is 19.8 Å². The Labute approximate surface area is 109 Å². The van der Waals surface area contributed by atoms with Gasteiger partial charge in [0.1, 0.15) is 11.9 Å². The van der Waals surface area contributed by atoms with Crippen LogP contribution in [0.3, 0.4) is 0 Å². The van der Waals surface area contributed by atoms with Gasteiger partial charge in [-0.05, 0) is 30.6 Å². The summed E-state index contributed by atoms with van der Waals surface area (Å²) in [4.78, 5) is 13.9. The van der Waals surface area contributed by atoms with Crippen LogP contribution < -0.4 is 0 Å². The van der Waals surface area contributed by atoms with Gasteiger partial charge < -0.3 is 13.5 Å². The van der Waals surface area contributed by atoms with Crippen molar-refractivity contribution in [2.24, 2.45) is 5.11 Å². The monoisotopic (exact) mass is 287 g/mol. The second-order valence-electron chi connectivity index (χ2n) is 3.36. The van der Waals surface area contributed by atoms with Crippen molar-refractivity contribution >= 4 is 13.5 Å². The zero-order valence-electron chi connectivity index (χ0n) is 10.6. The van der Waals surface area contributed by atoms with E-state index in [1.165, 1.54) is 12.3 Å². The van der Waals surface area contributed by atoms with Crippen LogP contribution in [0.1, 0.15) is 30.0 Å². The van der Waals surface area contributed by atoms with E-state index in [2.05, 4.69) is 10.0 Å². The van der Waals surface area contributed by atoms with Crippen molar-refractivity contribution in [3.63, 3.8) is 0 Å². The van der Waals surface area contributed by atoms with E-state index in [0.29, 0.717) is 0 Å². The van der Waals surface area contributed by atoms with E-state index >= 15 is 0 Å². The quantitative estimate of drug-likeness (QED) is 0.329. The summed E-state index contributed by atoms with van der Waals surface area (Å²) < 4.78 is 27.6. The van der Waals surface area contributed by atoms with E-state index in [0.717, 1.165) is 0 Å². The van der Waals surface area contributed by atoms with Crippen LogP contribution in [0.2, 0.25) is 0 Å². The second kappa shape index (κ2) is 7.11. The third kappa shape index (κ3) is 4.22. The van der Waals surface area contributed by atoms with Crippen molar-refractivity contribution in [3.05, 3.63) is 34.1 Å². The topological polar surface area (TPSA) is 114 Å². The lowest BCUT2D eigenvalue weighted by molar-refractivity contribution is 0.0999. The van der Waals surface area contributed by atoms with E-state index in [1.807, 2.05) is 0 Å². The molecule has 0 fully saturated rings. The number of carbonyl (C=O) groups is 1. The molecule has 0 radical (unpaired) electrons. The first-order valence-electron chi connectivity index (χ1n) is 5.60. The van der Waals surface area contributed by atoms with Crippen LogP contribution in [0.5, 0.6) is 0 Å². The van der Waals surface area contributed by atoms with E-state index in [9.17, 15) is 9.36 Å². The summed E-state index contributed by atoms with van der Waals surface area (Å²) in [6, 6.07) is 1.34. The van der Waals surface area contributed by atoms with Gasteiger partial charge in [-0.1, -0.05) is 0 Å². The summed E-state index contributed by atoms with van der Waals surface area (Å²) in [5, 5.41) is 2.96. The third-order valence-corrected chi connectivity index (χ3v) is 4.08. The average molecular weight is 287 g/mol. The maximum Gasteiger partial charge on any atom is 0.338 e. The van der Waals surface area contributed by atoms with Crippen molar-refractivity contribution in [3.8, 4) is 0 Å². The molecule has 0 aliphatic carbocycles. The summed E-state index contributed by atoms with van der Waals surface area (Å²) in [6.45, 7) is 3.77. The fourth-order valence-electron chi connectivity index (χ4n) is 1.45. The zero-order valence-corrected chi connectivity index (χ0v) is 11.5. The Morgan fingerprint density at radius 2 is 2.11 bits per heavy atom. The van der Waals surface area contributed by atoms with E-state index in [-0.39, 0.29) is 30.7 Å². The van der Waals surface area contributed by atoms with Crippen molar-refractivity contribution in [1.82, 2.24) is 0 Å². The Bertz CT molecular complexity index is 525. The molecule has 0 unspecified atom stereocenters. The Hall–Kier alpha value is -1.59. The van der Waals surface area contributed by atoms with Gasteiger partial charge in [0, 0.05) is 4.91 Å². The van der Waals surface area contributed by atoms with Crippen molar-refractivity contribution < 1.29 is 22.8 Å². The van der Waals surface area contributed by atoms with E-state index < -0.39 is 13.5 Å². The number of rotatable bonds is 7. The van der Waals surface area contributed by atoms with E-state index in [1.54, 1.807) is 13.8 Å². The van der Waals surface area contributed by atoms with Crippen molar-refractivity contribution in [2.45, 2.75) is 20.0 Å². The Morgan fingerprint density at radius 1 is 1.47 bits per heavy atom. The molecule has 1 aromatic heterocycles. The number of carbonyl (C=O) groups excluding carboxylic acids is 1. The number of hydrogen-bond acceptors (Lipinski definition) is 5. The van der Waals surface area contributed by atoms with Gasteiger partial charge >= 0.3 is 7.60 Å². The van der Waals surface area contributed by atoms with Crippen LogP contribution in [0.4, 0.5) is 0 Å². The van der Waals surface area contributed by atoms with Crippen LogP contribution in [0, 0.1) is 0 Å². The molecule has 1 heterocycles. The molecule has 0 aliphatic heterocycles. The summed E-state index contributed by atoms with van der Waals surface area (Å²) in [6.07, 6.45) is 1.06. The van der Waals surface area contributed by atoms with Crippen LogP contribution in [0.15, 0.2) is 21.9 Å². The van der Waals surface area contributed by atoms with Gasteiger partial charge in [-0.2, -0.15) is 0 Å². The molecular weight excluding hydrogens is 273 g/mol. The van der Waals surface area contributed by atoms with E-state index in [4.69, 9.17) is 19.0 Å². The highest BCUT2D eigenvalue weighted by molar-refractivity contribution is 7.53. The predicted molar refractivity (Wildman–Crippen MR) is 66.7 cm³/mol. The van der Waals surface area contributed by atoms with Gasteiger partial charge in [-0.3, -0.25) is 9.36 Å². The first kappa shape index (κ1) is 15.5. The Kier molecular flexibility index (Phi) is 5.79. The maximum atomic E-state index is 12.3. The predicted octanol–water partition coefficient (Wildman–Crippen LogP) is 3.50. The largest absolute Gasteiger partial charge is 0.468 e. The lowest BCUT2D eigenvalue weighted by Gasteiger charge is -2.15. The first-order chi connectivity index (χ1) is 9.06. The van der Waals surface area contributed by atoms with Gasteiger partial charge in [-0.15, -0.1) is 0 Å². The Balaban J connectivity index is 2.98. The number of azide groups is 1. The van der Waals surface area contributed by atoms with Crippen molar-refractivity contribution in [2.75, 3.05) is 13.2 Å². The summed E-state index contributed by atoms with van der Waals surface area (Å²) in [7, 11) is -3.37. The molecule has 0 spiro atoms. The minimum absolute atomic E-state index is 0.0532. The molecule has 0 atom stereocenters. The molecular formula is C10H14N3O5P.